The van der Waals surface area contributed by atoms with Crippen LogP contribution in [-0.2, 0) is 0 Å². The van der Waals surface area contributed by atoms with Crippen molar-refractivity contribution in [2.24, 2.45) is 5.73 Å². The standard InChI is InChI=1S/C9H10F2N2O/c1-5(12)8(14)6-2-3-7(9(10)11)13-4-6/h2-5,9H,12H2,1H3. The van der Waals surface area contributed by atoms with E-state index in [0.29, 0.717) is 0 Å². The van der Waals surface area contributed by atoms with Crippen LogP contribution in [0.15, 0.2) is 18.3 Å². The van der Waals surface area contributed by atoms with Crippen molar-refractivity contribution in [3.63, 3.8) is 0 Å². The van der Waals surface area contributed by atoms with Crippen LogP contribution in [0.5, 0.6) is 0 Å². The van der Waals surface area contributed by atoms with E-state index in [2.05, 4.69) is 4.98 Å². The predicted molar refractivity (Wildman–Crippen MR) is 47.2 cm³/mol. The molecule has 0 aliphatic heterocycles. The fraction of sp³-hybridized carbons (Fsp3) is 0.333. The normalized spacial score (nSPS) is 12.9. The van der Waals surface area contributed by atoms with Crippen LogP contribution in [0, 0.1) is 0 Å². The molecular weight excluding hydrogens is 190 g/mol. The van der Waals surface area contributed by atoms with Gasteiger partial charge in [-0.3, -0.25) is 9.78 Å². The molecule has 1 atom stereocenters. The Labute approximate surface area is 79.9 Å². The molecular formula is C9H10F2N2O. The van der Waals surface area contributed by atoms with Gasteiger partial charge in [0.05, 0.1) is 6.04 Å². The van der Waals surface area contributed by atoms with Crippen LogP contribution in [0.25, 0.3) is 0 Å². The van der Waals surface area contributed by atoms with Crippen molar-refractivity contribution >= 4 is 5.78 Å². The highest BCUT2D eigenvalue weighted by molar-refractivity contribution is 5.99. The zero-order chi connectivity index (χ0) is 10.7. The molecule has 2 N–H and O–H groups in total. The molecule has 1 heterocycles. The summed E-state index contributed by atoms with van der Waals surface area (Å²) in [6, 6.07) is 1.79. The van der Waals surface area contributed by atoms with E-state index < -0.39 is 12.5 Å². The second kappa shape index (κ2) is 4.23. The molecule has 1 rings (SSSR count). The van der Waals surface area contributed by atoms with Gasteiger partial charge in [-0.05, 0) is 19.1 Å². The minimum Gasteiger partial charge on any atom is -0.321 e. The molecule has 0 aliphatic carbocycles. The smallest absolute Gasteiger partial charge is 0.280 e. The highest BCUT2D eigenvalue weighted by Gasteiger charge is 2.13. The number of pyridine rings is 1. The Hall–Kier alpha value is -1.36. The van der Waals surface area contributed by atoms with E-state index in [1.54, 1.807) is 0 Å². The quantitative estimate of drug-likeness (QED) is 0.753. The molecule has 5 heteroatoms. The van der Waals surface area contributed by atoms with Crippen molar-refractivity contribution in [1.82, 2.24) is 4.98 Å². The fourth-order valence-electron chi connectivity index (χ4n) is 0.943. The zero-order valence-electron chi connectivity index (χ0n) is 7.58. The lowest BCUT2D eigenvalue weighted by atomic mass is 10.1. The number of ketones is 1. The lowest BCUT2D eigenvalue weighted by molar-refractivity contribution is 0.0966. The molecule has 3 nitrogen and oxygen atoms in total. The monoisotopic (exact) mass is 200 g/mol. The summed E-state index contributed by atoms with van der Waals surface area (Å²) in [4.78, 5) is 14.7. The first-order valence-electron chi connectivity index (χ1n) is 4.06. The van der Waals surface area contributed by atoms with E-state index in [-0.39, 0.29) is 17.0 Å². The summed E-state index contributed by atoms with van der Waals surface area (Å²) in [7, 11) is 0. The number of halogens is 2. The molecule has 0 saturated carbocycles. The van der Waals surface area contributed by atoms with E-state index in [4.69, 9.17) is 5.73 Å². The molecule has 1 aromatic rings. The Morgan fingerprint density at radius 3 is 2.50 bits per heavy atom. The second-order valence-corrected chi connectivity index (χ2v) is 2.93. The molecule has 0 bridgehead atoms. The Kier molecular flexibility index (Phi) is 3.24. The lowest BCUT2D eigenvalue weighted by Gasteiger charge is -2.04. The van der Waals surface area contributed by atoms with E-state index in [1.807, 2.05) is 0 Å². The molecule has 0 saturated heterocycles. The Balaban J connectivity index is 2.89. The van der Waals surface area contributed by atoms with Crippen LogP contribution in [-0.4, -0.2) is 16.8 Å². The second-order valence-electron chi connectivity index (χ2n) is 2.93. The number of carbonyl (C=O) groups is 1. The highest BCUT2D eigenvalue weighted by atomic mass is 19.3. The summed E-state index contributed by atoms with van der Waals surface area (Å²) >= 11 is 0. The summed E-state index contributed by atoms with van der Waals surface area (Å²) in [6.45, 7) is 1.53. The van der Waals surface area contributed by atoms with Crippen molar-refractivity contribution in [2.75, 3.05) is 0 Å². The number of nitrogens with two attached hydrogens (primary N) is 1. The molecule has 0 aromatic carbocycles. The molecule has 0 amide bonds. The van der Waals surface area contributed by atoms with E-state index in [9.17, 15) is 13.6 Å². The highest BCUT2D eigenvalue weighted by Crippen LogP contribution is 2.16. The summed E-state index contributed by atoms with van der Waals surface area (Å²) in [5.41, 5.74) is 5.25. The molecule has 14 heavy (non-hydrogen) atoms. The van der Waals surface area contributed by atoms with Crippen molar-refractivity contribution in [3.05, 3.63) is 29.6 Å². The van der Waals surface area contributed by atoms with Gasteiger partial charge < -0.3 is 5.73 Å². The van der Waals surface area contributed by atoms with Crippen LogP contribution in [0.1, 0.15) is 29.4 Å². The van der Waals surface area contributed by atoms with Gasteiger partial charge in [0, 0.05) is 11.8 Å². The maximum absolute atomic E-state index is 12.1. The number of hydrogen-bond acceptors (Lipinski definition) is 3. The maximum atomic E-state index is 12.1. The number of aromatic nitrogens is 1. The van der Waals surface area contributed by atoms with Gasteiger partial charge in [0.15, 0.2) is 5.78 Å². The van der Waals surface area contributed by atoms with Crippen molar-refractivity contribution < 1.29 is 13.6 Å². The average molecular weight is 200 g/mol. The molecule has 1 unspecified atom stereocenters. The number of carbonyl (C=O) groups excluding carboxylic acids is 1. The first-order chi connectivity index (χ1) is 6.52. The first kappa shape index (κ1) is 10.7. The Bertz CT molecular complexity index is 322. The minimum atomic E-state index is -2.62. The SMILES string of the molecule is CC(N)C(=O)c1ccc(C(F)F)nc1. The summed E-state index contributed by atoms with van der Waals surface area (Å²) < 4.78 is 24.2. The topological polar surface area (TPSA) is 56.0 Å². The minimum absolute atomic E-state index is 0.254. The molecule has 0 aliphatic rings. The van der Waals surface area contributed by atoms with Crippen LogP contribution in [0.3, 0.4) is 0 Å². The fourth-order valence-corrected chi connectivity index (χ4v) is 0.943. The number of rotatable bonds is 3. The number of nitrogens with zero attached hydrogens (tertiary/aromatic N) is 1. The van der Waals surface area contributed by atoms with Crippen molar-refractivity contribution in [2.45, 2.75) is 19.4 Å². The summed E-state index contributed by atoms with van der Waals surface area (Å²) in [5, 5.41) is 0. The van der Waals surface area contributed by atoms with Crippen LogP contribution in [0.2, 0.25) is 0 Å². The van der Waals surface area contributed by atoms with Gasteiger partial charge in [-0.1, -0.05) is 0 Å². The van der Waals surface area contributed by atoms with Crippen molar-refractivity contribution in [3.8, 4) is 0 Å². The van der Waals surface area contributed by atoms with Gasteiger partial charge >= 0.3 is 0 Å². The summed E-state index contributed by atoms with van der Waals surface area (Å²) in [6.07, 6.45) is -1.50. The van der Waals surface area contributed by atoms with Gasteiger partial charge in [0.2, 0.25) is 0 Å². The van der Waals surface area contributed by atoms with Gasteiger partial charge in [-0.2, -0.15) is 0 Å². The Morgan fingerprint density at radius 2 is 2.14 bits per heavy atom. The van der Waals surface area contributed by atoms with Gasteiger partial charge in [-0.25, -0.2) is 8.78 Å². The van der Waals surface area contributed by atoms with E-state index >= 15 is 0 Å². The van der Waals surface area contributed by atoms with E-state index in [0.717, 1.165) is 12.3 Å². The van der Waals surface area contributed by atoms with Gasteiger partial charge in [0.1, 0.15) is 5.69 Å². The summed E-state index contributed by atoms with van der Waals surface area (Å²) in [5.74, 6) is -0.307. The van der Waals surface area contributed by atoms with Crippen molar-refractivity contribution in [1.29, 1.82) is 0 Å². The van der Waals surface area contributed by atoms with Crippen LogP contribution >= 0.6 is 0 Å². The number of Topliss-reactive ketones (excluding diaryl/α,β-unsaturated/α-hetero) is 1. The zero-order valence-corrected chi connectivity index (χ0v) is 7.58. The third-order valence-electron chi connectivity index (χ3n) is 1.71. The first-order valence-corrected chi connectivity index (χ1v) is 4.06. The molecule has 0 spiro atoms. The number of hydrogen-bond donors (Lipinski definition) is 1. The third-order valence-corrected chi connectivity index (χ3v) is 1.71. The largest absolute Gasteiger partial charge is 0.321 e. The molecule has 0 radical (unpaired) electrons. The number of alkyl halides is 2. The molecule has 76 valence electrons. The molecule has 1 aromatic heterocycles. The Morgan fingerprint density at radius 1 is 1.50 bits per heavy atom. The lowest BCUT2D eigenvalue weighted by Crippen LogP contribution is -2.26. The van der Waals surface area contributed by atoms with Gasteiger partial charge in [0.25, 0.3) is 6.43 Å². The predicted octanol–water partition coefficient (Wildman–Crippen LogP) is 1.55. The van der Waals surface area contributed by atoms with Crippen LogP contribution < -0.4 is 5.73 Å². The van der Waals surface area contributed by atoms with Gasteiger partial charge in [-0.15, -0.1) is 0 Å². The van der Waals surface area contributed by atoms with Crippen LogP contribution in [0.4, 0.5) is 8.78 Å². The average Bonchev–Trinajstić information content (AvgIpc) is 2.16. The third kappa shape index (κ3) is 2.32. The molecule has 0 fully saturated rings. The maximum Gasteiger partial charge on any atom is 0.280 e. The van der Waals surface area contributed by atoms with E-state index in [1.165, 1.54) is 13.0 Å².